The normalized spacial score (nSPS) is 15.0. The third-order valence-electron chi connectivity index (χ3n) is 3.79. The van der Waals surface area contributed by atoms with Crippen molar-refractivity contribution in [2.75, 3.05) is 27.2 Å². The molecule has 2 N–H and O–H groups in total. The van der Waals surface area contributed by atoms with E-state index < -0.39 is 11.5 Å². The van der Waals surface area contributed by atoms with E-state index in [0.29, 0.717) is 6.54 Å². The number of hydrogen-bond donors (Lipinski definition) is 2. The first-order valence-corrected chi connectivity index (χ1v) is 7.31. The lowest BCUT2D eigenvalue weighted by atomic mass is 9.84. The molecule has 21 heavy (non-hydrogen) atoms. The highest BCUT2D eigenvalue weighted by molar-refractivity contribution is 5.80. The Balaban J connectivity index is 2.97. The van der Waals surface area contributed by atoms with Gasteiger partial charge in [0.25, 0.3) is 0 Å². The first kappa shape index (κ1) is 17.7. The van der Waals surface area contributed by atoms with Crippen molar-refractivity contribution >= 4 is 5.97 Å². The van der Waals surface area contributed by atoms with Crippen LogP contribution in [-0.4, -0.2) is 43.2 Å². The van der Waals surface area contributed by atoms with E-state index >= 15 is 0 Å². The summed E-state index contributed by atoms with van der Waals surface area (Å²) in [5, 5.41) is 12.8. The number of nitrogens with one attached hydrogen (secondary N) is 1. The van der Waals surface area contributed by atoms with Crippen LogP contribution in [0.2, 0.25) is 0 Å². The van der Waals surface area contributed by atoms with Gasteiger partial charge in [-0.2, -0.15) is 0 Å². The molecule has 1 rings (SSSR count). The molecule has 0 aliphatic carbocycles. The Morgan fingerprint density at radius 1 is 1.10 bits per heavy atom. The highest BCUT2D eigenvalue weighted by Crippen LogP contribution is 2.26. The van der Waals surface area contributed by atoms with Crippen molar-refractivity contribution in [1.29, 1.82) is 0 Å². The molecule has 0 radical (unpaired) electrons. The molecule has 0 heterocycles. The van der Waals surface area contributed by atoms with E-state index in [0.717, 1.165) is 12.1 Å². The fourth-order valence-corrected chi connectivity index (χ4v) is 2.13. The van der Waals surface area contributed by atoms with Gasteiger partial charge in [0.2, 0.25) is 0 Å². The third-order valence-corrected chi connectivity index (χ3v) is 3.79. The summed E-state index contributed by atoms with van der Waals surface area (Å²) < 4.78 is 0. The van der Waals surface area contributed by atoms with E-state index in [-0.39, 0.29) is 5.41 Å². The number of hydrogen-bond acceptors (Lipinski definition) is 3. The van der Waals surface area contributed by atoms with Crippen LogP contribution in [0.5, 0.6) is 0 Å². The van der Waals surface area contributed by atoms with Crippen molar-refractivity contribution in [3.63, 3.8) is 0 Å². The molecule has 1 unspecified atom stereocenters. The molecule has 118 valence electrons. The minimum Gasteiger partial charge on any atom is -0.480 e. The molecule has 1 atom stereocenters. The van der Waals surface area contributed by atoms with Gasteiger partial charge in [0.15, 0.2) is 0 Å². The van der Waals surface area contributed by atoms with Crippen LogP contribution in [0, 0.1) is 0 Å². The molecule has 0 amide bonds. The van der Waals surface area contributed by atoms with Crippen LogP contribution in [0.25, 0.3) is 0 Å². The molecule has 0 spiro atoms. The van der Waals surface area contributed by atoms with E-state index in [2.05, 4.69) is 26.1 Å². The lowest BCUT2D eigenvalue weighted by molar-refractivity contribution is -0.144. The number of benzene rings is 1. The number of likely N-dealkylation sites (N-methyl/N-ethyl adjacent to an activating group) is 1. The molecule has 0 bridgehead atoms. The van der Waals surface area contributed by atoms with Crippen molar-refractivity contribution in [2.24, 2.45) is 0 Å². The SMILES string of the molecule is CN(C)CCNC(C)(C(=O)O)c1ccc(C(C)(C)C)cc1. The average molecular weight is 292 g/mol. The molecule has 0 aliphatic rings. The molecular weight excluding hydrogens is 264 g/mol. The molecule has 0 aliphatic heterocycles. The zero-order valence-electron chi connectivity index (χ0n) is 14.0. The minimum absolute atomic E-state index is 0.0660. The second-order valence-electron chi connectivity index (χ2n) is 6.99. The topological polar surface area (TPSA) is 52.6 Å². The Hall–Kier alpha value is -1.39. The molecule has 0 aromatic heterocycles. The summed E-state index contributed by atoms with van der Waals surface area (Å²) in [6, 6.07) is 7.86. The Labute approximate surface area is 128 Å². The number of carboxylic acids is 1. The standard InChI is InChI=1S/C17H28N2O2/c1-16(2,3)13-7-9-14(10-8-13)17(4,15(20)21)18-11-12-19(5)6/h7-10,18H,11-12H2,1-6H3,(H,20,21). The van der Waals surface area contributed by atoms with Gasteiger partial charge in [0.1, 0.15) is 5.54 Å². The first-order valence-electron chi connectivity index (χ1n) is 7.31. The maximum atomic E-state index is 11.7. The smallest absolute Gasteiger partial charge is 0.328 e. The quantitative estimate of drug-likeness (QED) is 0.845. The number of rotatable bonds is 6. The average Bonchev–Trinajstić information content (AvgIpc) is 2.37. The van der Waals surface area contributed by atoms with Gasteiger partial charge in [-0.05, 0) is 37.6 Å². The third kappa shape index (κ3) is 4.55. The van der Waals surface area contributed by atoms with Crippen LogP contribution in [0.1, 0.15) is 38.8 Å². The van der Waals surface area contributed by atoms with Gasteiger partial charge < -0.3 is 10.0 Å². The Morgan fingerprint density at radius 2 is 1.57 bits per heavy atom. The van der Waals surface area contributed by atoms with Gasteiger partial charge in [0, 0.05) is 13.1 Å². The van der Waals surface area contributed by atoms with E-state index in [4.69, 9.17) is 0 Å². The van der Waals surface area contributed by atoms with Gasteiger partial charge in [-0.3, -0.25) is 5.32 Å². The lowest BCUT2D eigenvalue weighted by Gasteiger charge is -2.28. The van der Waals surface area contributed by atoms with E-state index in [1.165, 1.54) is 5.56 Å². The molecule has 1 aromatic rings. The van der Waals surface area contributed by atoms with Crippen molar-refractivity contribution in [1.82, 2.24) is 10.2 Å². The number of nitrogens with zero attached hydrogens (tertiary/aromatic N) is 1. The van der Waals surface area contributed by atoms with Gasteiger partial charge in [-0.25, -0.2) is 4.79 Å². The number of carboxylic acid groups (broad SMARTS) is 1. The van der Waals surface area contributed by atoms with Crippen LogP contribution in [0.3, 0.4) is 0 Å². The van der Waals surface area contributed by atoms with Gasteiger partial charge in [0.05, 0.1) is 0 Å². The largest absolute Gasteiger partial charge is 0.480 e. The fourth-order valence-electron chi connectivity index (χ4n) is 2.13. The summed E-state index contributed by atoms with van der Waals surface area (Å²) in [6.45, 7) is 9.58. The van der Waals surface area contributed by atoms with Crippen LogP contribution in [-0.2, 0) is 15.7 Å². The molecule has 0 fully saturated rings. The summed E-state index contributed by atoms with van der Waals surface area (Å²) in [6.07, 6.45) is 0. The number of aliphatic carboxylic acids is 1. The summed E-state index contributed by atoms with van der Waals surface area (Å²) in [7, 11) is 3.94. The predicted octanol–water partition coefficient (Wildman–Crippen LogP) is 2.44. The second-order valence-corrected chi connectivity index (χ2v) is 6.99. The molecule has 1 aromatic carbocycles. The molecular formula is C17H28N2O2. The summed E-state index contributed by atoms with van der Waals surface area (Å²) in [5.74, 6) is -0.857. The van der Waals surface area contributed by atoms with E-state index in [1.807, 2.05) is 43.3 Å². The highest BCUT2D eigenvalue weighted by atomic mass is 16.4. The summed E-state index contributed by atoms with van der Waals surface area (Å²) in [5.41, 5.74) is 0.983. The van der Waals surface area contributed by atoms with Crippen molar-refractivity contribution in [2.45, 2.75) is 38.6 Å². The summed E-state index contributed by atoms with van der Waals surface area (Å²) >= 11 is 0. The van der Waals surface area contributed by atoms with Crippen LogP contribution < -0.4 is 5.32 Å². The Morgan fingerprint density at radius 3 is 1.95 bits per heavy atom. The Kier molecular flexibility index (Phi) is 5.54. The van der Waals surface area contributed by atoms with Gasteiger partial charge >= 0.3 is 5.97 Å². The van der Waals surface area contributed by atoms with E-state index in [1.54, 1.807) is 6.92 Å². The van der Waals surface area contributed by atoms with E-state index in [9.17, 15) is 9.90 Å². The zero-order valence-corrected chi connectivity index (χ0v) is 14.0. The molecule has 0 saturated heterocycles. The number of carbonyl (C=O) groups is 1. The van der Waals surface area contributed by atoms with Crippen molar-refractivity contribution in [3.8, 4) is 0 Å². The minimum atomic E-state index is -1.06. The monoisotopic (exact) mass is 292 g/mol. The molecule has 0 saturated carbocycles. The van der Waals surface area contributed by atoms with Gasteiger partial charge in [-0.1, -0.05) is 45.0 Å². The maximum absolute atomic E-state index is 11.7. The van der Waals surface area contributed by atoms with Crippen LogP contribution in [0.15, 0.2) is 24.3 Å². The van der Waals surface area contributed by atoms with Gasteiger partial charge in [-0.15, -0.1) is 0 Å². The predicted molar refractivity (Wildman–Crippen MR) is 86.7 cm³/mol. The maximum Gasteiger partial charge on any atom is 0.328 e. The second kappa shape index (κ2) is 6.58. The Bertz CT molecular complexity index is 475. The fraction of sp³-hybridized carbons (Fsp3) is 0.588. The first-order chi connectivity index (χ1) is 9.57. The van der Waals surface area contributed by atoms with Crippen molar-refractivity contribution in [3.05, 3.63) is 35.4 Å². The molecule has 4 nitrogen and oxygen atoms in total. The highest BCUT2D eigenvalue weighted by Gasteiger charge is 2.34. The van der Waals surface area contributed by atoms with Crippen molar-refractivity contribution < 1.29 is 9.90 Å². The van der Waals surface area contributed by atoms with Crippen LogP contribution >= 0.6 is 0 Å². The van der Waals surface area contributed by atoms with Crippen LogP contribution in [0.4, 0.5) is 0 Å². The zero-order chi connectivity index (χ0) is 16.3. The molecule has 4 heteroatoms. The lowest BCUT2D eigenvalue weighted by Crippen LogP contribution is -2.48. The summed E-state index contributed by atoms with van der Waals surface area (Å²) in [4.78, 5) is 13.7.